The molecule has 2 aliphatic rings. The summed E-state index contributed by atoms with van der Waals surface area (Å²) in [5, 5.41) is 17.0. The lowest BCUT2D eigenvalue weighted by Crippen LogP contribution is -2.46. The number of anilines is 1. The number of aliphatic hydroxyl groups excluding tert-OH is 1. The summed E-state index contributed by atoms with van der Waals surface area (Å²) in [4.78, 5) is 27.6. The highest BCUT2D eigenvalue weighted by molar-refractivity contribution is 6.09. The Morgan fingerprint density at radius 3 is 2.61 bits per heavy atom. The molecule has 9 heteroatoms. The van der Waals surface area contributed by atoms with Crippen LogP contribution in [0.1, 0.15) is 48.2 Å². The summed E-state index contributed by atoms with van der Waals surface area (Å²) in [6, 6.07) is 16.5. The number of rotatable bonds is 11. The van der Waals surface area contributed by atoms with Crippen molar-refractivity contribution in [2.45, 2.75) is 50.2 Å². The van der Waals surface area contributed by atoms with E-state index in [0.717, 1.165) is 36.1 Å². The van der Waals surface area contributed by atoms with Gasteiger partial charge in [-0.3, -0.25) is 9.59 Å². The zero-order valence-corrected chi connectivity index (χ0v) is 21.5. The van der Waals surface area contributed by atoms with Crippen LogP contribution in [0.25, 0.3) is 0 Å². The van der Waals surface area contributed by atoms with Crippen LogP contribution in [0.2, 0.25) is 0 Å². The summed E-state index contributed by atoms with van der Waals surface area (Å²) in [7, 11) is 0. The molecule has 1 spiro atoms. The Balaban J connectivity index is 1.10. The van der Waals surface area contributed by atoms with Gasteiger partial charge in [-0.25, -0.2) is 4.98 Å². The number of hydrogen-bond donors (Lipinski definition) is 4. The minimum Gasteiger partial charge on any atom is -0.490 e. The molecule has 0 saturated heterocycles. The molecule has 38 heavy (non-hydrogen) atoms. The molecular formula is C29H32N4O5. The number of nitrogens with one attached hydrogen (secondary N) is 2. The number of hydrogen-bond acceptors (Lipinski definition) is 7. The molecule has 198 valence electrons. The maximum atomic E-state index is 12.4. The first-order valence-electron chi connectivity index (χ1n) is 12.7. The largest absolute Gasteiger partial charge is 0.490 e. The van der Waals surface area contributed by atoms with E-state index in [0.29, 0.717) is 29.5 Å². The molecule has 1 saturated carbocycles. The van der Waals surface area contributed by atoms with Gasteiger partial charge in [-0.15, -0.1) is 0 Å². The van der Waals surface area contributed by atoms with Gasteiger partial charge in [0.25, 0.3) is 0 Å². The molecule has 1 aromatic heterocycles. The second kappa shape index (κ2) is 10.1. The summed E-state index contributed by atoms with van der Waals surface area (Å²) < 4.78 is 11.7. The van der Waals surface area contributed by atoms with E-state index in [1.165, 1.54) is 6.20 Å². The molecule has 1 aliphatic carbocycles. The Hall–Kier alpha value is -3.95. The van der Waals surface area contributed by atoms with Crippen LogP contribution < -0.4 is 25.8 Å². The van der Waals surface area contributed by atoms with Gasteiger partial charge in [-0.05, 0) is 69.0 Å². The van der Waals surface area contributed by atoms with Gasteiger partial charge < -0.3 is 30.9 Å². The minimum atomic E-state index is -0.713. The molecule has 3 aromatic rings. The van der Waals surface area contributed by atoms with Gasteiger partial charge in [-0.2, -0.15) is 0 Å². The van der Waals surface area contributed by atoms with E-state index in [2.05, 4.69) is 29.5 Å². The normalized spacial score (nSPS) is 16.0. The number of fused-ring (bicyclic) bond motifs is 2. The summed E-state index contributed by atoms with van der Waals surface area (Å²) in [6.45, 7) is 4.64. The van der Waals surface area contributed by atoms with Crippen molar-refractivity contribution in [2.24, 2.45) is 5.73 Å². The fourth-order valence-corrected chi connectivity index (χ4v) is 4.80. The lowest BCUT2D eigenvalue weighted by atomic mass is 9.94. The average molecular weight is 517 g/mol. The number of ether oxygens (including phenoxy) is 2. The maximum absolute atomic E-state index is 12.4. The van der Waals surface area contributed by atoms with Crippen LogP contribution in [0.4, 0.5) is 5.69 Å². The van der Waals surface area contributed by atoms with Gasteiger partial charge in [0.1, 0.15) is 24.2 Å². The van der Waals surface area contributed by atoms with Crippen LogP contribution in [0, 0.1) is 0 Å². The predicted octanol–water partition coefficient (Wildman–Crippen LogP) is 3.31. The highest BCUT2D eigenvalue weighted by Gasteiger charge is 2.57. The first kappa shape index (κ1) is 25.7. The van der Waals surface area contributed by atoms with Gasteiger partial charge in [0, 0.05) is 35.6 Å². The van der Waals surface area contributed by atoms with Crippen LogP contribution in [0.15, 0.2) is 60.8 Å². The minimum absolute atomic E-state index is 0.0441. The van der Waals surface area contributed by atoms with Crippen molar-refractivity contribution < 1.29 is 24.2 Å². The van der Waals surface area contributed by atoms with E-state index in [1.54, 1.807) is 12.1 Å². The van der Waals surface area contributed by atoms with E-state index >= 15 is 0 Å². The predicted molar refractivity (Wildman–Crippen MR) is 143 cm³/mol. The molecule has 1 fully saturated rings. The lowest BCUT2D eigenvalue weighted by Gasteiger charge is -2.28. The molecule has 1 aliphatic heterocycles. The van der Waals surface area contributed by atoms with Gasteiger partial charge in [0.2, 0.25) is 17.7 Å². The summed E-state index contributed by atoms with van der Waals surface area (Å²) in [6.07, 6.45) is 3.06. The van der Waals surface area contributed by atoms with E-state index in [1.807, 2.05) is 42.5 Å². The Labute approximate surface area is 221 Å². The standard InChI is InChI=1S/C29H32N4O5/c1-28(2,14-18-6-9-21(10-7-18)38-24-11-8-19(15-31-24)26(30)35)32-16-20(34)17-37-23-5-3-4-22-25(23)29(12-13-29)27(36)33-22/h3-11,15,20,32,34H,12-14,16-17H2,1-2H3,(H2,30,35)(H,33,36)/t20-/m0/s1. The highest BCUT2D eigenvalue weighted by atomic mass is 16.5. The summed E-state index contributed by atoms with van der Waals surface area (Å²) in [5.41, 5.74) is 7.68. The Morgan fingerprint density at radius 1 is 1.18 bits per heavy atom. The van der Waals surface area contributed by atoms with E-state index in [9.17, 15) is 14.7 Å². The van der Waals surface area contributed by atoms with E-state index < -0.39 is 17.4 Å². The third-order valence-electron chi connectivity index (χ3n) is 7.00. The fourth-order valence-electron chi connectivity index (χ4n) is 4.80. The molecule has 5 rings (SSSR count). The zero-order valence-electron chi connectivity index (χ0n) is 21.5. The number of pyridine rings is 1. The number of nitrogens with two attached hydrogens (primary N) is 1. The second-order valence-electron chi connectivity index (χ2n) is 10.6. The monoisotopic (exact) mass is 516 g/mol. The number of carbonyl (C=O) groups excluding carboxylic acids is 2. The Bertz CT molecular complexity index is 1330. The average Bonchev–Trinajstić information content (AvgIpc) is 3.64. The van der Waals surface area contributed by atoms with Crippen molar-refractivity contribution in [3.05, 3.63) is 77.5 Å². The molecule has 2 heterocycles. The molecule has 2 aromatic carbocycles. The van der Waals surface area contributed by atoms with Crippen molar-refractivity contribution in [3.63, 3.8) is 0 Å². The molecule has 1 atom stereocenters. The van der Waals surface area contributed by atoms with Crippen LogP contribution in [0.5, 0.6) is 17.4 Å². The number of amides is 2. The van der Waals surface area contributed by atoms with Crippen LogP contribution in [0.3, 0.4) is 0 Å². The number of carbonyl (C=O) groups is 2. The third-order valence-corrected chi connectivity index (χ3v) is 7.00. The smallest absolute Gasteiger partial charge is 0.250 e. The molecule has 2 amide bonds. The SMILES string of the molecule is CC(C)(Cc1ccc(Oc2ccc(C(N)=O)cn2)cc1)NC[C@H](O)COc1cccc2c1C1(CC1)C(=O)N2. The summed E-state index contributed by atoms with van der Waals surface area (Å²) >= 11 is 0. The topological polar surface area (TPSA) is 136 Å². The van der Waals surface area contributed by atoms with Crippen LogP contribution >= 0.6 is 0 Å². The third kappa shape index (κ3) is 5.49. The van der Waals surface area contributed by atoms with Crippen LogP contribution in [-0.2, 0) is 16.6 Å². The molecular weight excluding hydrogens is 484 g/mol. The van der Waals surface area contributed by atoms with Gasteiger partial charge in [0.05, 0.1) is 11.0 Å². The van der Waals surface area contributed by atoms with E-state index in [-0.39, 0.29) is 18.1 Å². The maximum Gasteiger partial charge on any atom is 0.250 e. The Kier molecular flexibility index (Phi) is 6.81. The first-order valence-corrected chi connectivity index (χ1v) is 12.7. The van der Waals surface area contributed by atoms with Crippen molar-refractivity contribution in [1.82, 2.24) is 10.3 Å². The first-order chi connectivity index (χ1) is 18.1. The zero-order chi connectivity index (χ0) is 26.9. The number of aromatic nitrogens is 1. The highest BCUT2D eigenvalue weighted by Crippen LogP contribution is 2.58. The lowest BCUT2D eigenvalue weighted by molar-refractivity contribution is -0.117. The number of benzene rings is 2. The number of aliphatic hydroxyl groups is 1. The van der Waals surface area contributed by atoms with Crippen molar-refractivity contribution >= 4 is 17.5 Å². The molecule has 9 nitrogen and oxygen atoms in total. The fraction of sp³-hybridized carbons (Fsp3) is 0.345. The number of primary amides is 1. The number of β-amino-alcohol motifs (C(OH)–C–C–N with tert-alkyl or cyclic N) is 1. The molecule has 0 bridgehead atoms. The Morgan fingerprint density at radius 2 is 1.95 bits per heavy atom. The van der Waals surface area contributed by atoms with Crippen molar-refractivity contribution in [2.75, 3.05) is 18.5 Å². The molecule has 0 unspecified atom stereocenters. The van der Waals surface area contributed by atoms with E-state index in [4.69, 9.17) is 15.2 Å². The van der Waals surface area contributed by atoms with Gasteiger partial charge in [-0.1, -0.05) is 18.2 Å². The van der Waals surface area contributed by atoms with Gasteiger partial charge in [0.15, 0.2) is 0 Å². The van der Waals surface area contributed by atoms with Gasteiger partial charge >= 0.3 is 0 Å². The van der Waals surface area contributed by atoms with Crippen molar-refractivity contribution in [3.8, 4) is 17.4 Å². The summed E-state index contributed by atoms with van der Waals surface area (Å²) in [5.74, 6) is 1.17. The number of nitrogens with zero attached hydrogens (tertiary/aromatic N) is 1. The van der Waals surface area contributed by atoms with Crippen LogP contribution in [-0.4, -0.2) is 46.7 Å². The second-order valence-corrected chi connectivity index (χ2v) is 10.6. The quantitative estimate of drug-likeness (QED) is 0.307. The van der Waals surface area contributed by atoms with Crippen molar-refractivity contribution in [1.29, 1.82) is 0 Å². The molecule has 0 radical (unpaired) electrons. The molecule has 5 N–H and O–H groups in total.